The van der Waals surface area contributed by atoms with Gasteiger partial charge in [-0.15, -0.1) is 4.91 Å². The zero-order chi connectivity index (χ0) is 27.5. The van der Waals surface area contributed by atoms with Gasteiger partial charge in [-0.3, -0.25) is 9.36 Å². The molecule has 6 rings (SSSR count). The monoisotopic (exact) mass is 543 g/mol. The summed E-state index contributed by atoms with van der Waals surface area (Å²) in [5, 5.41) is 8.43. The first-order chi connectivity index (χ1) is 18.7. The van der Waals surface area contributed by atoms with Crippen molar-refractivity contribution in [2.45, 2.75) is 39.3 Å². The van der Waals surface area contributed by atoms with Crippen LogP contribution < -0.4 is 11.3 Å². The molecule has 1 atom stereocenters. The summed E-state index contributed by atoms with van der Waals surface area (Å²) < 4.78 is 22.0. The first-order valence-electron chi connectivity index (χ1n) is 12.0. The third-order valence-corrected chi connectivity index (χ3v) is 8.04. The number of nitroso groups, excluding NO2 is 1. The number of nitrogens with zero attached hydrogens (tertiary/aromatic N) is 8. The van der Waals surface area contributed by atoms with Crippen LogP contribution in [0.1, 0.15) is 31.8 Å². The van der Waals surface area contributed by atoms with E-state index in [-0.39, 0.29) is 34.9 Å². The van der Waals surface area contributed by atoms with Crippen molar-refractivity contribution in [1.82, 2.24) is 33.7 Å². The second-order valence-corrected chi connectivity index (χ2v) is 10.4. The standard InChI is InChI=1S/C26H22FN9O2S/c1-13-6-4-5-7-26(13,3)36-18(31-24-19(25(36)37)14(2)34-39-24)11-35-23-20(22(28)29-12-30-23)21(32-35)15-8-16(27)10-17(9-15)33-38/h4-6,8-10,12H,7,11H2,1-3H3,(H2,28,29,30). The lowest BCUT2D eigenvalue weighted by Crippen LogP contribution is -2.43. The van der Waals surface area contributed by atoms with Crippen molar-refractivity contribution >= 4 is 44.3 Å². The van der Waals surface area contributed by atoms with Crippen molar-refractivity contribution in [1.29, 1.82) is 0 Å². The molecule has 1 aromatic carbocycles. The molecule has 1 unspecified atom stereocenters. The number of nitrogen functional groups attached to an aromatic ring is 1. The molecule has 196 valence electrons. The maximum absolute atomic E-state index is 14.3. The van der Waals surface area contributed by atoms with Gasteiger partial charge in [0.2, 0.25) is 0 Å². The van der Waals surface area contributed by atoms with E-state index >= 15 is 0 Å². The largest absolute Gasteiger partial charge is 0.383 e. The van der Waals surface area contributed by atoms with Gasteiger partial charge in [-0.05, 0) is 61.6 Å². The second-order valence-electron chi connectivity index (χ2n) is 9.63. The van der Waals surface area contributed by atoms with Crippen LogP contribution in [-0.4, -0.2) is 33.7 Å². The maximum atomic E-state index is 14.3. The number of benzene rings is 1. The number of fused-ring (bicyclic) bond motifs is 2. The quantitative estimate of drug-likeness (QED) is 0.312. The van der Waals surface area contributed by atoms with Gasteiger partial charge < -0.3 is 5.73 Å². The molecule has 0 saturated carbocycles. The first-order valence-corrected chi connectivity index (χ1v) is 12.8. The van der Waals surface area contributed by atoms with E-state index in [1.807, 2.05) is 32.1 Å². The molecular formula is C26H22FN9O2S. The lowest BCUT2D eigenvalue weighted by Gasteiger charge is -2.35. The highest BCUT2D eigenvalue weighted by Crippen LogP contribution is 2.36. The molecule has 13 heteroatoms. The number of anilines is 1. The molecule has 0 fully saturated rings. The van der Waals surface area contributed by atoms with Crippen molar-refractivity contribution in [2.24, 2.45) is 5.18 Å². The first kappa shape index (κ1) is 24.7. The van der Waals surface area contributed by atoms with E-state index in [1.165, 1.54) is 18.5 Å². The van der Waals surface area contributed by atoms with Gasteiger partial charge in [0.25, 0.3) is 5.56 Å². The summed E-state index contributed by atoms with van der Waals surface area (Å²) in [6.07, 6.45) is 7.88. The second kappa shape index (κ2) is 8.98. The molecule has 0 aliphatic heterocycles. The van der Waals surface area contributed by atoms with Crippen LogP contribution in [0.15, 0.2) is 58.3 Å². The van der Waals surface area contributed by atoms with E-state index in [0.717, 1.165) is 23.2 Å². The highest BCUT2D eigenvalue weighted by atomic mass is 32.1. The number of nitrogens with two attached hydrogens (primary N) is 1. The van der Waals surface area contributed by atoms with Crippen LogP contribution >= 0.6 is 11.5 Å². The average Bonchev–Trinajstić information content (AvgIpc) is 3.47. The fourth-order valence-electron chi connectivity index (χ4n) is 5.05. The minimum atomic E-state index is -0.677. The van der Waals surface area contributed by atoms with Crippen LogP contribution in [0.3, 0.4) is 0 Å². The Morgan fingerprint density at radius 3 is 2.79 bits per heavy atom. The van der Waals surface area contributed by atoms with E-state index in [1.54, 1.807) is 16.2 Å². The summed E-state index contributed by atoms with van der Waals surface area (Å²) in [6, 6.07) is 3.68. The third-order valence-electron chi connectivity index (χ3n) is 7.20. The molecule has 4 aromatic heterocycles. The average molecular weight is 544 g/mol. The van der Waals surface area contributed by atoms with Gasteiger partial charge in [-0.1, -0.05) is 18.2 Å². The minimum absolute atomic E-state index is 0.0514. The molecule has 1 aliphatic rings. The van der Waals surface area contributed by atoms with Crippen molar-refractivity contribution in [3.63, 3.8) is 0 Å². The number of rotatable bonds is 5. The number of halogens is 1. The maximum Gasteiger partial charge on any atom is 0.265 e. The van der Waals surface area contributed by atoms with Gasteiger partial charge in [0, 0.05) is 11.6 Å². The highest BCUT2D eigenvalue weighted by molar-refractivity contribution is 7.12. The van der Waals surface area contributed by atoms with Gasteiger partial charge in [0.15, 0.2) is 10.5 Å². The smallest absolute Gasteiger partial charge is 0.265 e. The van der Waals surface area contributed by atoms with Gasteiger partial charge in [-0.25, -0.2) is 24.0 Å². The Kier molecular flexibility index (Phi) is 5.68. The number of aryl methyl sites for hydroxylation is 1. The van der Waals surface area contributed by atoms with E-state index in [9.17, 15) is 14.1 Å². The zero-order valence-electron chi connectivity index (χ0n) is 21.2. The topological polar surface area (TPSA) is 147 Å². The molecule has 1 aliphatic carbocycles. The predicted octanol–water partition coefficient (Wildman–Crippen LogP) is 4.76. The van der Waals surface area contributed by atoms with Crippen LogP contribution in [0.5, 0.6) is 0 Å². The summed E-state index contributed by atoms with van der Waals surface area (Å²) in [7, 11) is 0. The Bertz CT molecular complexity index is 1940. The van der Waals surface area contributed by atoms with E-state index in [2.05, 4.69) is 19.5 Å². The van der Waals surface area contributed by atoms with Gasteiger partial charge in [0.1, 0.15) is 41.7 Å². The minimum Gasteiger partial charge on any atom is -0.383 e. The molecule has 39 heavy (non-hydrogen) atoms. The fourth-order valence-corrected chi connectivity index (χ4v) is 5.84. The number of aromatic nitrogens is 7. The summed E-state index contributed by atoms with van der Waals surface area (Å²) in [5.74, 6) is -0.0697. The van der Waals surface area contributed by atoms with Gasteiger partial charge in [-0.2, -0.15) is 9.47 Å². The molecule has 11 nitrogen and oxygen atoms in total. The van der Waals surface area contributed by atoms with Crippen LogP contribution in [-0.2, 0) is 12.1 Å². The predicted molar refractivity (Wildman–Crippen MR) is 147 cm³/mol. The summed E-state index contributed by atoms with van der Waals surface area (Å²) in [6.45, 7) is 5.84. The van der Waals surface area contributed by atoms with Crippen molar-refractivity contribution in [3.8, 4) is 11.3 Å². The van der Waals surface area contributed by atoms with Crippen LogP contribution in [0, 0.1) is 17.6 Å². The van der Waals surface area contributed by atoms with Crippen molar-refractivity contribution in [2.75, 3.05) is 5.73 Å². The normalized spacial score (nSPS) is 17.2. The van der Waals surface area contributed by atoms with Gasteiger partial charge >= 0.3 is 0 Å². The summed E-state index contributed by atoms with van der Waals surface area (Å²) >= 11 is 1.16. The third kappa shape index (κ3) is 3.84. The van der Waals surface area contributed by atoms with Crippen LogP contribution in [0.2, 0.25) is 0 Å². The fraction of sp³-hybridized carbons (Fsp3) is 0.231. The lowest BCUT2D eigenvalue weighted by molar-refractivity contribution is 0.352. The zero-order valence-corrected chi connectivity index (χ0v) is 22.0. The Hall–Kier alpha value is -4.65. The van der Waals surface area contributed by atoms with Crippen molar-refractivity contribution < 1.29 is 4.39 Å². The molecule has 5 aromatic rings. The highest BCUT2D eigenvalue weighted by Gasteiger charge is 2.34. The molecule has 4 heterocycles. The number of hydrogen-bond acceptors (Lipinski definition) is 10. The SMILES string of the molecule is CC1=CC=CCC1(C)n1c(Cn2nc(-c3cc(F)cc(N=O)c3)c3c(N)ncnc32)nc2snc(C)c2c1=O. The molecule has 2 N–H and O–H groups in total. The van der Waals surface area contributed by atoms with Gasteiger partial charge in [0.05, 0.1) is 22.0 Å². The van der Waals surface area contributed by atoms with Crippen molar-refractivity contribution in [3.05, 3.63) is 80.9 Å². The van der Waals surface area contributed by atoms with E-state index < -0.39 is 11.4 Å². The molecule has 0 amide bonds. The van der Waals surface area contributed by atoms with E-state index in [0.29, 0.717) is 39.2 Å². The Morgan fingerprint density at radius 1 is 1.21 bits per heavy atom. The number of allylic oxidation sites excluding steroid dienone is 4. The molecule has 0 radical (unpaired) electrons. The number of hydrogen-bond donors (Lipinski definition) is 1. The molecular weight excluding hydrogens is 521 g/mol. The Balaban J connectivity index is 1.61. The molecule has 0 bridgehead atoms. The van der Waals surface area contributed by atoms with Crippen LogP contribution in [0.25, 0.3) is 32.5 Å². The lowest BCUT2D eigenvalue weighted by atomic mass is 9.85. The molecule has 0 saturated heterocycles. The van der Waals surface area contributed by atoms with Crippen LogP contribution in [0.4, 0.5) is 15.9 Å². The molecule has 0 spiro atoms. The Morgan fingerprint density at radius 2 is 2.03 bits per heavy atom. The Labute approximate surface area is 224 Å². The summed E-state index contributed by atoms with van der Waals surface area (Å²) in [4.78, 5) is 39.1. The summed E-state index contributed by atoms with van der Waals surface area (Å²) in [5.41, 5.74) is 7.82. The van der Waals surface area contributed by atoms with E-state index in [4.69, 9.17) is 15.8 Å².